The van der Waals surface area contributed by atoms with Crippen molar-refractivity contribution in [2.24, 2.45) is 0 Å². The van der Waals surface area contributed by atoms with Crippen molar-refractivity contribution in [2.75, 3.05) is 23.0 Å². The van der Waals surface area contributed by atoms with Crippen LogP contribution >= 0.6 is 65.4 Å². The van der Waals surface area contributed by atoms with Crippen LogP contribution in [-0.2, 0) is 0 Å². The van der Waals surface area contributed by atoms with Gasteiger partial charge < -0.3 is 0 Å². The van der Waals surface area contributed by atoms with Crippen molar-refractivity contribution < 1.29 is 0 Å². The Balaban J connectivity index is 0.00000177. The van der Waals surface area contributed by atoms with Gasteiger partial charge in [0.25, 0.3) is 0 Å². The molecule has 5 aromatic rings. The van der Waals surface area contributed by atoms with Crippen LogP contribution in [0.25, 0.3) is 54.0 Å². The van der Waals surface area contributed by atoms with E-state index in [2.05, 4.69) is 113 Å². The molecule has 6 heterocycles. The van der Waals surface area contributed by atoms with Gasteiger partial charge in [-0.05, 0) is 138 Å². The fourth-order valence-corrected chi connectivity index (χ4v) is 22.4. The molecule has 6 heteroatoms. The first-order valence-electron chi connectivity index (χ1n) is 17.6. The Morgan fingerprint density at radius 2 is 0.840 bits per heavy atom. The van der Waals surface area contributed by atoms with Crippen molar-refractivity contribution in [3.8, 4) is 19.5 Å². The minimum atomic E-state index is -0.947. The lowest BCUT2D eigenvalue weighted by Gasteiger charge is -2.34. The molecule has 0 saturated carbocycles. The molecule has 9 rings (SSSR count). The second kappa shape index (κ2) is 12.4. The Hall–Kier alpha value is -2.84. The summed E-state index contributed by atoms with van der Waals surface area (Å²) in [5, 5.41) is 4.57. The van der Waals surface area contributed by atoms with Gasteiger partial charge in [-0.2, -0.15) is 20.1 Å². The van der Waals surface area contributed by atoms with Crippen LogP contribution in [0.15, 0.2) is 104 Å². The lowest BCUT2D eigenvalue weighted by Crippen LogP contribution is -2.03. The second-order valence-electron chi connectivity index (χ2n) is 12.8. The third-order valence-corrected chi connectivity index (χ3v) is 24.6. The standard InChI is InChI=1S/C42H38S6.C2H6/c1-9-47(10-2)35-13-15-43-39(35)41-37(47)19-27(45-41)17-29-23(5)31-21-33-25(7)30(26(8)34(33)22-32(31)24(29)6)18-28-20-38-42(46-28)40-36(14-16-44-40)48(38,11-3)12-4;1-2/h13-22H,5-12H2,1-4H3;1-2H3. The summed E-state index contributed by atoms with van der Waals surface area (Å²) in [5.41, 5.74) is 11.2. The molecule has 0 nitrogen and oxygen atoms in total. The third kappa shape index (κ3) is 4.42. The molecule has 4 aliphatic rings. The molecule has 0 fully saturated rings. The maximum atomic E-state index is 4.62. The number of hydrogen-bond donors (Lipinski definition) is 0. The van der Waals surface area contributed by atoms with Crippen molar-refractivity contribution in [3.05, 3.63) is 117 Å². The molecule has 50 heavy (non-hydrogen) atoms. The van der Waals surface area contributed by atoms with Crippen molar-refractivity contribution in [1.82, 2.24) is 0 Å². The Morgan fingerprint density at radius 1 is 0.500 bits per heavy atom. The van der Waals surface area contributed by atoms with Gasteiger partial charge in [-0.15, -0.1) is 45.3 Å². The topological polar surface area (TPSA) is 0 Å². The minimum Gasteiger partial charge on any atom is -0.185 e. The van der Waals surface area contributed by atoms with E-state index in [1.54, 1.807) is 19.6 Å². The van der Waals surface area contributed by atoms with E-state index in [0.717, 1.165) is 33.4 Å². The molecule has 2 aliphatic carbocycles. The Bertz CT molecular complexity index is 2140. The van der Waals surface area contributed by atoms with Gasteiger partial charge in [-0.25, -0.2) is 0 Å². The third-order valence-electron chi connectivity index (χ3n) is 11.1. The van der Waals surface area contributed by atoms with Crippen LogP contribution in [0.2, 0.25) is 0 Å². The molecule has 0 atom stereocenters. The monoisotopic (exact) mass is 764 g/mol. The maximum absolute atomic E-state index is 4.62. The van der Waals surface area contributed by atoms with Gasteiger partial charge in [0.1, 0.15) is 0 Å². The van der Waals surface area contributed by atoms with Crippen LogP contribution in [0.1, 0.15) is 73.6 Å². The average molecular weight is 765 g/mol. The molecule has 256 valence electrons. The summed E-state index contributed by atoms with van der Waals surface area (Å²) in [5.74, 6) is 4.82. The molecule has 0 radical (unpaired) electrons. The van der Waals surface area contributed by atoms with Crippen LogP contribution in [0.3, 0.4) is 0 Å². The summed E-state index contributed by atoms with van der Waals surface area (Å²) >= 11 is 7.71. The molecular formula is C44H44S6. The molecule has 0 unspecified atom stereocenters. The molecule has 0 bridgehead atoms. The van der Waals surface area contributed by atoms with Crippen LogP contribution in [-0.4, -0.2) is 23.0 Å². The van der Waals surface area contributed by atoms with E-state index in [1.165, 1.54) is 74.5 Å². The van der Waals surface area contributed by atoms with Crippen molar-refractivity contribution in [2.45, 2.75) is 61.1 Å². The highest BCUT2D eigenvalue weighted by Crippen LogP contribution is 2.75. The summed E-state index contributed by atoms with van der Waals surface area (Å²) in [4.78, 5) is 15.0. The minimum absolute atomic E-state index is 0.947. The normalized spacial score (nSPS) is 18.2. The van der Waals surface area contributed by atoms with Crippen LogP contribution in [0, 0.1) is 0 Å². The van der Waals surface area contributed by atoms with E-state index in [1.807, 2.05) is 59.2 Å². The zero-order chi connectivity index (χ0) is 35.3. The summed E-state index contributed by atoms with van der Waals surface area (Å²) in [6.07, 6.45) is 4.69. The van der Waals surface area contributed by atoms with E-state index in [0.29, 0.717) is 0 Å². The fourth-order valence-electron chi connectivity index (χ4n) is 8.43. The first-order valence-corrected chi connectivity index (χ1v) is 25.0. The van der Waals surface area contributed by atoms with E-state index in [4.69, 9.17) is 0 Å². The number of hydrogen-bond acceptors (Lipinski definition) is 4. The lowest BCUT2D eigenvalue weighted by molar-refractivity contribution is 1.34. The largest absolute Gasteiger partial charge is 0.185 e. The summed E-state index contributed by atoms with van der Waals surface area (Å²) in [6, 6.07) is 14.4. The summed E-state index contributed by atoms with van der Waals surface area (Å²) < 4.78 is 0. The number of allylic oxidation sites excluding steroid dienone is 6. The summed E-state index contributed by atoms with van der Waals surface area (Å²) in [6.45, 7) is 32.0. The molecular weight excluding hydrogens is 721 g/mol. The Kier molecular flexibility index (Phi) is 8.49. The van der Waals surface area contributed by atoms with Gasteiger partial charge in [0.15, 0.2) is 0 Å². The molecule has 0 N–H and O–H groups in total. The number of rotatable bonds is 6. The first-order chi connectivity index (χ1) is 24.2. The summed E-state index contributed by atoms with van der Waals surface area (Å²) in [7, 11) is -1.89. The first kappa shape index (κ1) is 34.3. The maximum Gasteiger partial charge on any atom is 0.0584 e. The van der Waals surface area contributed by atoms with Gasteiger partial charge in [0, 0.05) is 29.3 Å². The van der Waals surface area contributed by atoms with E-state index in [9.17, 15) is 0 Å². The average Bonchev–Trinajstić information content (AvgIpc) is 4.00. The predicted octanol–water partition coefficient (Wildman–Crippen LogP) is 15.7. The van der Waals surface area contributed by atoms with Gasteiger partial charge in [0.2, 0.25) is 0 Å². The predicted molar refractivity (Wildman–Crippen MR) is 236 cm³/mol. The highest BCUT2D eigenvalue weighted by molar-refractivity contribution is 8.34. The van der Waals surface area contributed by atoms with E-state index >= 15 is 0 Å². The molecule has 4 aromatic heterocycles. The molecule has 0 spiro atoms. The van der Waals surface area contributed by atoms with Crippen molar-refractivity contribution in [3.63, 3.8) is 0 Å². The van der Waals surface area contributed by atoms with E-state index < -0.39 is 20.1 Å². The Morgan fingerprint density at radius 3 is 1.16 bits per heavy atom. The van der Waals surface area contributed by atoms with Gasteiger partial charge in [-0.1, -0.05) is 67.9 Å². The number of benzene rings is 1. The van der Waals surface area contributed by atoms with Crippen LogP contribution in [0.4, 0.5) is 0 Å². The molecule has 1 aromatic carbocycles. The van der Waals surface area contributed by atoms with Gasteiger partial charge in [-0.3, -0.25) is 0 Å². The lowest BCUT2D eigenvalue weighted by atomic mass is 9.98. The molecule has 0 amide bonds. The Labute approximate surface area is 317 Å². The molecule has 2 aliphatic heterocycles. The number of thiophene rings is 4. The fraction of sp³-hybridized carbons (Fsp3) is 0.227. The molecule has 0 saturated heterocycles. The van der Waals surface area contributed by atoms with Crippen molar-refractivity contribution in [1.29, 1.82) is 0 Å². The smallest absolute Gasteiger partial charge is 0.0584 e. The highest BCUT2D eigenvalue weighted by Gasteiger charge is 2.41. The van der Waals surface area contributed by atoms with Gasteiger partial charge >= 0.3 is 0 Å². The van der Waals surface area contributed by atoms with Crippen LogP contribution in [0.5, 0.6) is 0 Å². The van der Waals surface area contributed by atoms with Crippen molar-refractivity contribution >= 4 is 99.8 Å². The number of fused-ring (bicyclic) bond motifs is 8. The SMILES string of the molecule is C=C1C(=Cc2cc3c(s2)-c2sccc2S3(CC)CC)C(=C)c2cc3c(cc21)C(=C)C(=Cc1cc2c(s1)-c1sccc1S2(CC)CC)C3=C.CC. The quantitative estimate of drug-likeness (QED) is 0.162. The van der Waals surface area contributed by atoms with E-state index in [-0.39, 0.29) is 0 Å². The highest BCUT2D eigenvalue weighted by atomic mass is 32.3. The zero-order valence-corrected chi connectivity index (χ0v) is 34.8. The van der Waals surface area contributed by atoms with Gasteiger partial charge in [0.05, 0.1) is 19.5 Å². The van der Waals surface area contributed by atoms with Crippen LogP contribution < -0.4 is 0 Å². The zero-order valence-electron chi connectivity index (χ0n) is 29.9. The second-order valence-corrected chi connectivity index (χ2v) is 24.4.